The Morgan fingerprint density at radius 1 is 1.52 bits per heavy atom. The van der Waals surface area contributed by atoms with Gasteiger partial charge in [-0.15, -0.1) is 0 Å². The Hall–Kier alpha value is -1.41. The Bertz CT molecular complexity index is 652. The lowest BCUT2D eigenvalue weighted by atomic mass is 9.88. The zero-order chi connectivity index (χ0) is 19.0. The van der Waals surface area contributed by atoms with Crippen molar-refractivity contribution in [3.05, 3.63) is 34.6 Å². The van der Waals surface area contributed by atoms with Crippen molar-refractivity contribution in [2.45, 2.75) is 38.6 Å². The lowest BCUT2D eigenvalue weighted by molar-refractivity contribution is -0.137. The van der Waals surface area contributed by atoms with Gasteiger partial charge in [0.05, 0.1) is 24.2 Å². The Morgan fingerprint density at radius 3 is 2.64 bits per heavy atom. The highest BCUT2D eigenvalue weighted by Gasteiger charge is 2.47. The third-order valence-corrected chi connectivity index (χ3v) is 4.78. The minimum absolute atomic E-state index is 0.0480. The molecule has 0 radical (unpaired) electrons. The van der Waals surface area contributed by atoms with E-state index in [1.54, 1.807) is 6.07 Å². The number of nitrogens with zero attached hydrogens (tertiary/aromatic N) is 1. The minimum Gasteiger partial charge on any atom is -0.465 e. The van der Waals surface area contributed by atoms with Crippen LogP contribution in [0.2, 0.25) is 5.02 Å². The van der Waals surface area contributed by atoms with Gasteiger partial charge in [-0.1, -0.05) is 38.4 Å². The third kappa shape index (κ3) is 4.23. The van der Waals surface area contributed by atoms with E-state index >= 15 is 0 Å². The molecule has 0 aromatic heterocycles. The first kappa shape index (κ1) is 19.9. The molecule has 1 fully saturated rings. The van der Waals surface area contributed by atoms with Crippen molar-refractivity contribution in [3.8, 4) is 0 Å². The molecule has 4 N–H and O–H groups in total. The number of carbonyl (C=O) groups is 1. The van der Waals surface area contributed by atoms with Gasteiger partial charge in [0, 0.05) is 6.54 Å². The maximum Gasteiger partial charge on any atom is 0.407 e. The number of amides is 1. The van der Waals surface area contributed by atoms with Gasteiger partial charge in [0.1, 0.15) is 17.5 Å². The first-order chi connectivity index (χ1) is 11.5. The molecule has 1 heterocycles. The molecule has 1 amide bonds. The van der Waals surface area contributed by atoms with E-state index in [-0.39, 0.29) is 24.7 Å². The van der Waals surface area contributed by atoms with Crippen LogP contribution in [0.25, 0.3) is 0 Å². The van der Waals surface area contributed by atoms with E-state index in [1.807, 2.05) is 20.8 Å². The summed E-state index contributed by atoms with van der Waals surface area (Å²) in [5.41, 5.74) is 4.01. The van der Waals surface area contributed by atoms with E-state index in [2.05, 4.69) is 0 Å². The van der Waals surface area contributed by atoms with Crippen molar-refractivity contribution in [2.24, 2.45) is 11.1 Å². The molecule has 0 bridgehead atoms. The molecule has 8 heteroatoms. The fourth-order valence-corrected chi connectivity index (χ4v) is 2.99. The van der Waals surface area contributed by atoms with Crippen LogP contribution < -0.4 is 5.73 Å². The molecule has 1 saturated heterocycles. The maximum absolute atomic E-state index is 13.9. The maximum atomic E-state index is 13.9. The highest BCUT2D eigenvalue weighted by atomic mass is 35.5. The number of nitrogens with two attached hydrogens (primary N) is 1. The highest BCUT2D eigenvalue weighted by Crippen LogP contribution is 2.39. The normalized spacial score (nSPS) is 27.9. The zero-order valence-corrected chi connectivity index (χ0v) is 15.3. The summed E-state index contributed by atoms with van der Waals surface area (Å²) >= 11 is 5.73. The molecule has 3 atom stereocenters. The van der Waals surface area contributed by atoms with Gasteiger partial charge < -0.3 is 25.6 Å². The van der Waals surface area contributed by atoms with Crippen LogP contribution in [-0.4, -0.2) is 52.5 Å². The van der Waals surface area contributed by atoms with E-state index in [1.165, 1.54) is 12.1 Å². The lowest BCUT2D eigenvalue weighted by Crippen LogP contribution is -2.52. The number of ether oxygens (including phenoxy) is 1. The van der Waals surface area contributed by atoms with E-state index in [0.717, 1.165) is 4.90 Å². The number of rotatable bonds is 2. The summed E-state index contributed by atoms with van der Waals surface area (Å²) in [5, 5.41) is 20.4. The van der Waals surface area contributed by atoms with Crippen LogP contribution in [0.1, 0.15) is 32.4 Å². The van der Waals surface area contributed by atoms with Crippen LogP contribution >= 0.6 is 11.6 Å². The van der Waals surface area contributed by atoms with Crippen molar-refractivity contribution < 1.29 is 24.1 Å². The largest absolute Gasteiger partial charge is 0.465 e. The summed E-state index contributed by atoms with van der Waals surface area (Å²) in [4.78, 5) is 12.7. The van der Waals surface area contributed by atoms with Crippen molar-refractivity contribution in [2.75, 3.05) is 19.6 Å². The van der Waals surface area contributed by atoms with E-state index in [4.69, 9.17) is 22.1 Å². The molecule has 25 heavy (non-hydrogen) atoms. The van der Waals surface area contributed by atoms with Crippen LogP contribution in [0.5, 0.6) is 0 Å². The zero-order valence-electron chi connectivity index (χ0n) is 14.5. The van der Waals surface area contributed by atoms with E-state index < -0.39 is 35.1 Å². The fourth-order valence-electron chi connectivity index (χ4n) is 2.87. The summed E-state index contributed by atoms with van der Waals surface area (Å²) in [7, 11) is 0. The number of carboxylic acid groups (broad SMARTS) is 1. The first-order valence-electron chi connectivity index (χ1n) is 7.98. The number of benzene rings is 1. The second kappa shape index (κ2) is 7.07. The standard InChI is InChI=1S/C17H24ClFN2O4/c1-16(2,3)13-7-21(15(22)23)9-17(24,8-20)14(25-13)10-4-5-11(18)12(19)6-10/h4-6,13-14,24H,7-9,20H2,1-3H3,(H,22,23)/t13?,14-,17+/m0/s1. The van der Waals surface area contributed by atoms with Crippen LogP contribution in [0.15, 0.2) is 18.2 Å². The number of halogens is 2. The quantitative estimate of drug-likeness (QED) is 0.739. The molecular formula is C17H24ClFN2O4. The molecule has 1 unspecified atom stereocenters. The highest BCUT2D eigenvalue weighted by molar-refractivity contribution is 6.30. The van der Waals surface area contributed by atoms with Gasteiger partial charge in [-0.25, -0.2) is 9.18 Å². The smallest absolute Gasteiger partial charge is 0.407 e. The van der Waals surface area contributed by atoms with Gasteiger partial charge in [-0.3, -0.25) is 0 Å². The monoisotopic (exact) mass is 374 g/mol. The second-order valence-electron chi connectivity index (χ2n) is 7.52. The Kier molecular flexibility index (Phi) is 5.63. The van der Waals surface area contributed by atoms with Crippen LogP contribution in [0, 0.1) is 11.2 Å². The number of aliphatic hydroxyl groups is 1. The van der Waals surface area contributed by atoms with Crippen molar-refractivity contribution in [3.63, 3.8) is 0 Å². The van der Waals surface area contributed by atoms with Gasteiger partial charge in [-0.05, 0) is 23.1 Å². The van der Waals surface area contributed by atoms with Crippen LogP contribution in [-0.2, 0) is 4.74 Å². The topological polar surface area (TPSA) is 96.0 Å². The van der Waals surface area contributed by atoms with Crippen LogP contribution in [0.4, 0.5) is 9.18 Å². The summed E-state index contributed by atoms with van der Waals surface area (Å²) in [6, 6.07) is 4.11. The SMILES string of the molecule is CC(C)(C)C1CN(C(=O)O)C[C@](O)(CN)[C@H](c2ccc(Cl)c(F)c2)O1. The summed E-state index contributed by atoms with van der Waals surface area (Å²) in [5.74, 6) is -0.645. The molecule has 0 saturated carbocycles. The van der Waals surface area contributed by atoms with Crippen molar-refractivity contribution in [1.29, 1.82) is 0 Å². The van der Waals surface area contributed by atoms with Gasteiger partial charge >= 0.3 is 6.09 Å². The summed E-state index contributed by atoms with van der Waals surface area (Å²) in [6.07, 6.45) is -2.68. The average Bonchev–Trinajstić information content (AvgIpc) is 2.67. The molecule has 2 rings (SSSR count). The van der Waals surface area contributed by atoms with Gasteiger partial charge in [-0.2, -0.15) is 0 Å². The van der Waals surface area contributed by atoms with E-state index in [0.29, 0.717) is 5.56 Å². The van der Waals surface area contributed by atoms with E-state index in [9.17, 15) is 19.4 Å². The molecule has 0 spiro atoms. The third-order valence-electron chi connectivity index (χ3n) is 4.48. The van der Waals surface area contributed by atoms with Crippen molar-refractivity contribution in [1.82, 2.24) is 4.90 Å². The molecule has 1 aromatic carbocycles. The molecule has 1 aromatic rings. The average molecular weight is 375 g/mol. The number of β-amino-alcohol motifs (C(OH)–C–C–N with tert-alkyl or cyclic N) is 1. The molecule has 1 aliphatic rings. The molecule has 6 nitrogen and oxygen atoms in total. The van der Waals surface area contributed by atoms with Gasteiger partial charge in [0.15, 0.2) is 0 Å². The second-order valence-corrected chi connectivity index (χ2v) is 7.92. The predicted molar refractivity (Wildman–Crippen MR) is 92.1 cm³/mol. The molecule has 0 aliphatic carbocycles. The lowest BCUT2D eigenvalue weighted by Gasteiger charge is -2.37. The van der Waals surface area contributed by atoms with Crippen molar-refractivity contribution >= 4 is 17.7 Å². The minimum atomic E-state index is -1.70. The Balaban J connectivity index is 2.52. The summed E-state index contributed by atoms with van der Waals surface area (Å²) in [6.45, 7) is 5.31. The Morgan fingerprint density at radius 2 is 2.16 bits per heavy atom. The van der Waals surface area contributed by atoms with Gasteiger partial charge in [0.2, 0.25) is 0 Å². The number of hydrogen-bond donors (Lipinski definition) is 3. The Labute approximate surface area is 151 Å². The number of hydrogen-bond acceptors (Lipinski definition) is 4. The predicted octanol–water partition coefficient (Wildman–Crippen LogP) is 2.63. The van der Waals surface area contributed by atoms with Crippen LogP contribution in [0.3, 0.4) is 0 Å². The molecule has 1 aliphatic heterocycles. The molecule has 140 valence electrons. The van der Waals surface area contributed by atoms with Gasteiger partial charge in [0.25, 0.3) is 0 Å². The first-order valence-corrected chi connectivity index (χ1v) is 8.36. The molecular weight excluding hydrogens is 351 g/mol. The summed E-state index contributed by atoms with van der Waals surface area (Å²) < 4.78 is 20.0. The fraction of sp³-hybridized carbons (Fsp3) is 0.588.